The largest absolute Gasteiger partial charge is 0.487 e. The quantitative estimate of drug-likeness (QED) is 0.488. The number of nitrogens with zero attached hydrogens (tertiary/aromatic N) is 1. The number of thiophene rings is 1. The van der Waals surface area contributed by atoms with Crippen LogP contribution in [0.4, 0.5) is 5.69 Å². The Bertz CT molecular complexity index is 1220. The smallest absolute Gasteiger partial charge is 0.273 e. The van der Waals surface area contributed by atoms with Gasteiger partial charge in [-0.2, -0.15) is 0 Å². The molecule has 4 rings (SSSR count). The molecular formula is C25H28N2O4S2. The third-order valence-corrected chi connectivity index (χ3v) is 9.55. The van der Waals surface area contributed by atoms with E-state index in [2.05, 4.69) is 19.2 Å². The minimum atomic E-state index is -3.62. The number of carbonyl (C=O) groups excluding carboxylic acids is 1. The van der Waals surface area contributed by atoms with Crippen LogP contribution in [0.2, 0.25) is 0 Å². The van der Waals surface area contributed by atoms with E-state index in [0.29, 0.717) is 17.7 Å². The van der Waals surface area contributed by atoms with Gasteiger partial charge < -0.3 is 10.1 Å². The normalized spacial score (nSPS) is 17.0. The van der Waals surface area contributed by atoms with E-state index >= 15 is 0 Å². The van der Waals surface area contributed by atoms with E-state index in [-0.39, 0.29) is 21.8 Å². The highest BCUT2D eigenvalue weighted by molar-refractivity contribution is 7.94. The van der Waals surface area contributed by atoms with Crippen LogP contribution in [0.1, 0.15) is 55.1 Å². The first-order chi connectivity index (χ1) is 15.8. The van der Waals surface area contributed by atoms with Crippen molar-refractivity contribution in [1.29, 1.82) is 0 Å². The van der Waals surface area contributed by atoms with Crippen LogP contribution in [0.3, 0.4) is 0 Å². The molecule has 1 unspecified atom stereocenters. The molecule has 8 heteroatoms. The molecule has 1 atom stereocenters. The number of rotatable bonds is 7. The molecule has 0 fully saturated rings. The number of sulfonamides is 1. The highest BCUT2D eigenvalue weighted by Crippen LogP contribution is 2.42. The van der Waals surface area contributed by atoms with Gasteiger partial charge in [-0.15, -0.1) is 11.3 Å². The fourth-order valence-electron chi connectivity index (χ4n) is 4.18. The van der Waals surface area contributed by atoms with E-state index in [1.165, 1.54) is 22.7 Å². The Morgan fingerprint density at radius 2 is 1.79 bits per heavy atom. The SMILES string of the molecule is CCC1(CC)CC(NC(=O)c2ccc(N(C)S(=O)(=O)c3cccs3)cc2)c2ccccc2O1. The molecule has 1 aromatic heterocycles. The zero-order valence-electron chi connectivity index (χ0n) is 18.9. The maximum absolute atomic E-state index is 13.1. The summed E-state index contributed by atoms with van der Waals surface area (Å²) in [4.78, 5) is 13.1. The van der Waals surface area contributed by atoms with Crippen molar-refractivity contribution in [1.82, 2.24) is 5.32 Å². The molecular weight excluding hydrogens is 456 g/mol. The van der Waals surface area contributed by atoms with E-state index in [9.17, 15) is 13.2 Å². The van der Waals surface area contributed by atoms with E-state index in [1.807, 2.05) is 24.3 Å². The monoisotopic (exact) mass is 484 g/mol. The predicted octanol–water partition coefficient (Wildman–Crippen LogP) is 5.39. The minimum absolute atomic E-state index is 0.163. The first-order valence-corrected chi connectivity index (χ1v) is 13.3. The van der Waals surface area contributed by atoms with E-state index < -0.39 is 10.0 Å². The predicted molar refractivity (Wildman–Crippen MR) is 132 cm³/mol. The summed E-state index contributed by atoms with van der Waals surface area (Å²) in [6, 6.07) is 17.6. The average Bonchev–Trinajstić information content (AvgIpc) is 3.39. The Morgan fingerprint density at radius 1 is 1.09 bits per heavy atom. The summed E-state index contributed by atoms with van der Waals surface area (Å²) in [6.45, 7) is 4.21. The molecule has 1 amide bonds. The number of nitrogens with one attached hydrogen (secondary N) is 1. The highest BCUT2D eigenvalue weighted by Gasteiger charge is 2.39. The molecule has 0 spiro atoms. The maximum Gasteiger partial charge on any atom is 0.273 e. The van der Waals surface area contributed by atoms with Crippen molar-refractivity contribution in [3.05, 3.63) is 77.2 Å². The molecule has 1 aliphatic heterocycles. The molecule has 0 aliphatic carbocycles. The summed E-state index contributed by atoms with van der Waals surface area (Å²) in [6.07, 6.45) is 2.40. The molecule has 0 saturated carbocycles. The second kappa shape index (κ2) is 9.19. The van der Waals surface area contributed by atoms with Crippen molar-refractivity contribution in [3.8, 4) is 5.75 Å². The first kappa shape index (κ1) is 23.3. The molecule has 0 bridgehead atoms. The first-order valence-electron chi connectivity index (χ1n) is 11.0. The van der Waals surface area contributed by atoms with Gasteiger partial charge in [0, 0.05) is 24.6 Å². The third-order valence-electron chi connectivity index (χ3n) is 6.39. The Balaban J connectivity index is 1.53. The van der Waals surface area contributed by atoms with Gasteiger partial charge >= 0.3 is 0 Å². The standard InChI is InChI=1S/C25H28N2O4S2/c1-4-25(5-2)17-21(20-9-6-7-10-22(20)31-25)26-24(28)18-12-14-19(15-13-18)27(3)33(29,30)23-11-8-16-32-23/h6-16,21H,4-5,17H2,1-3H3,(H,26,28). The fourth-order valence-corrected chi connectivity index (χ4v) is 6.53. The van der Waals surface area contributed by atoms with Crippen molar-refractivity contribution in [2.45, 2.75) is 49.0 Å². The van der Waals surface area contributed by atoms with Crippen molar-refractivity contribution >= 4 is 33.0 Å². The van der Waals surface area contributed by atoms with Crippen LogP contribution in [0.25, 0.3) is 0 Å². The molecule has 174 valence electrons. The lowest BCUT2D eigenvalue weighted by molar-refractivity contribution is 0.0227. The van der Waals surface area contributed by atoms with Crippen molar-refractivity contribution in [3.63, 3.8) is 0 Å². The highest BCUT2D eigenvalue weighted by atomic mass is 32.2. The fraction of sp³-hybridized carbons (Fsp3) is 0.320. The molecule has 1 N–H and O–H groups in total. The number of anilines is 1. The number of hydrogen-bond acceptors (Lipinski definition) is 5. The lowest BCUT2D eigenvalue weighted by atomic mass is 9.83. The second-order valence-corrected chi connectivity index (χ2v) is 11.4. The third kappa shape index (κ3) is 4.50. The van der Waals surface area contributed by atoms with Crippen molar-refractivity contribution < 1.29 is 17.9 Å². The lowest BCUT2D eigenvalue weighted by Crippen LogP contribution is -2.44. The zero-order valence-corrected chi connectivity index (χ0v) is 20.6. The summed E-state index contributed by atoms with van der Waals surface area (Å²) in [5, 5.41) is 4.90. The van der Waals surface area contributed by atoms with Gasteiger partial charge in [-0.3, -0.25) is 9.10 Å². The van der Waals surface area contributed by atoms with Crippen LogP contribution in [-0.4, -0.2) is 27.0 Å². The van der Waals surface area contributed by atoms with Gasteiger partial charge in [0.15, 0.2) is 0 Å². The summed E-state index contributed by atoms with van der Waals surface area (Å²) in [5.74, 6) is 0.613. The molecule has 3 aromatic rings. The average molecular weight is 485 g/mol. The summed E-state index contributed by atoms with van der Waals surface area (Å²) < 4.78 is 33.3. The van der Waals surface area contributed by atoms with E-state index in [0.717, 1.165) is 24.2 Å². The summed E-state index contributed by atoms with van der Waals surface area (Å²) in [7, 11) is -2.11. The van der Waals surface area contributed by atoms with Crippen LogP contribution >= 0.6 is 11.3 Å². The van der Waals surface area contributed by atoms with Crippen LogP contribution in [-0.2, 0) is 10.0 Å². The van der Waals surface area contributed by atoms with Crippen molar-refractivity contribution in [2.75, 3.05) is 11.4 Å². The molecule has 0 saturated heterocycles. The number of amides is 1. The van der Waals surface area contributed by atoms with Gasteiger partial charge in [0.25, 0.3) is 15.9 Å². The Morgan fingerprint density at radius 3 is 2.42 bits per heavy atom. The van der Waals surface area contributed by atoms with Crippen LogP contribution in [0.15, 0.2) is 70.3 Å². The lowest BCUT2D eigenvalue weighted by Gasteiger charge is -2.41. The second-order valence-electron chi connectivity index (χ2n) is 8.21. The molecule has 33 heavy (non-hydrogen) atoms. The van der Waals surface area contributed by atoms with Gasteiger partial charge in [0.2, 0.25) is 0 Å². The summed E-state index contributed by atoms with van der Waals surface area (Å²) >= 11 is 1.17. The van der Waals surface area contributed by atoms with Crippen LogP contribution in [0.5, 0.6) is 5.75 Å². The number of carbonyl (C=O) groups is 1. The number of fused-ring (bicyclic) bond motifs is 1. The number of hydrogen-bond donors (Lipinski definition) is 1. The molecule has 6 nitrogen and oxygen atoms in total. The molecule has 1 aliphatic rings. The zero-order chi connectivity index (χ0) is 23.6. The van der Waals surface area contributed by atoms with Crippen molar-refractivity contribution in [2.24, 2.45) is 0 Å². The topological polar surface area (TPSA) is 75.7 Å². The molecule has 2 heterocycles. The Kier molecular flexibility index (Phi) is 6.50. The van der Waals surface area contributed by atoms with Gasteiger partial charge in [0.05, 0.1) is 11.7 Å². The number of benzene rings is 2. The maximum atomic E-state index is 13.1. The van der Waals surface area contributed by atoms with E-state index in [4.69, 9.17) is 4.74 Å². The minimum Gasteiger partial charge on any atom is -0.487 e. The number of ether oxygens (including phenoxy) is 1. The van der Waals surface area contributed by atoms with E-state index in [1.54, 1.807) is 41.8 Å². The van der Waals surface area contributed by atoms with Crippen LogP contribution < -0.4 is 14.4 Å². The van der Waals surface area contributed by atoms with Gasteiger partial charge in [-0.1, -0.05) is 38.1 Å². The molecule has 2 aromatic carbocycles. The Labute approximate surface area is 199 Å². The Hall–Kier alpha value is -2.84. The van der Waals surface area contributed by atoms with Crippen LogP contribution in [0, 0.1) is 0 Å². The van der Waals surface area contributed by atoms with Gasteiger partial charge in [-0.05, 0) is 54.6 Å². The molecule has 0 radical (unpaired) electrons. The van der Waals surface area contributed by atoms with Gasteiger partial charge in [0.1, 0.15) is 15.6 Å². The number of para-hydroxylation sites is 1. The summed E-state index contributed by atoms with van der Waals surface area (Å²) in [5.41, 5.74) is 1.63. The van der Waals surface area contributed by atoms with Gasteiger partial charge in [-0.25, -0.2) is 8.42 Å².